The van der Waals surface area contributed by atoms with Crippen molar-refractivity contribution in [3.63, 3.8) is 0 Å². The molecule has 0 amide bonds. The fourth-order valence-corrected chi connectivity index (χ4v) is 2.01. The summed E-state index contributed by atoms with van der Waals surface area (Å²) >= 11 is 0. The molecule has 0 saturated carbocycles. The lowest BCUT2D eigenvalue weighted by molar-refractivity contribution is 0.101. The van der Waals surface area contributed by atoms with Crippen molar-refractivity contribution in [2.45, 2.75) is 54.0 Å². The maximum atomic E-state index is 11.2. The topological polar surface area (TPSA) is 20.3 Å². The highest BCUT2D eigenvalue weighted by molar-refractivity contribution is 5.93. The van der Waals surface area contributed by atoms with Crippen LogP contribution in [0.25, 0.3) is 0 Å². The molecule has 0 aliphatic carbocycles. The highest BCUT2D eigenvalue weighted by atomic mass is 16.1. The van der Waals surface area contributed by atoms with E-state index in [9.17, 15) is 4.79 Å². The van der Waals surface area contributed by atoms with Crippen LogP contribution in [-0.2, 0) is 6.54 Å². The van der Waals surface area contributed by atoms with E-state index in [-0.39, 0.29) is 5.78 Å². The van der Waals surface area contributed by atoms with E-state index in [1.54, 1.807) is 6.92 Å². The van der Waals surface area contributed by atoms with Gasteiger partial charge in [-0.05, 0) is 38.4 Å². The van der Waals surface area contributed by atoms with Gasteiger partial charge in [-0.2, -0.15) is 0 Å². The first-order valence-electron chi connectivity index (χ1n) is 7.49. The summed E-state index contributed by atoms with van der Waals surface area (Å²) in [4.78, 5) is 13.6. The summed E-state index contributed by atoms with van der Waals surface area (Å²) in [5.74, 6) is 0.135. The minimum absolute atomic E-state index is 0.135. The predicted octanol–water partition coefficient (Wildman–Crippen LogP) is 4.54. The Labute approximate surface area is 118 Å². The third-order valence-electron chi connectivity index (χ3n) is 2.85. The highest BCUT2D eigenvalue weighted by Crippen LogP contribution is 2.09. The zero-order chi connectivity index (χ0) is 14.7. The molecule has 0 atom stereocenters. The van der Waals surface area contributed by atoms with Gasteiger partial charge in [0, 0.05) is 12.1 Å². The van der Waals surface area contributed by atoms with Crippen LogP contribution < -0.4 is 0 Å². The molecule has 0 bridgehead atoms. The quantitative estimate of drug-likeness (QED) is 0.673. The Hall–Kier alpha value is -1.15. The highest BCUT2D eigenvalue weighted by Gasteiger charge is 2.04. The Morgan fingerprint density at radius 2 is 1.47 bits per heavy atom. The summed E-state index contributed by atoms with van der Waals surface area (Å²) in [7, 11) is 0. The van der Waals surface area contributed by atoms with Crippen molar-refractivity contribution in [1.29, 1.82) is 0 Å². The predicted molar refractivity (Wildman–Crippen MR) is 83.7 cm³/mol. The molecule has 0 aliphatic rings. The van der Waals surface area contributed by atoms with Crippen molar-refractivity contribution in [2.24, 2.45) is 0 Å². The molecule has 0 N–H and O–H groups in total. The number of carbonyl (C=O) groups is 1. The molecule has 0 saturated heterocycles. The Balaban J connectivity index is 0.00000154. The zero-order valence-electron chi connectivity index (χ0n) is 13.2. The van der Waals surface area contributed by atoms with Gasteiger partial charge in [0.1, 0.15) is 0 Å². The van der Waals surface area contributed by atoms with Gasteiger partial charge < -0.3 is 0 Å². The molecule has 0 aliphatic heterocycles. The molecule has 0 aromatic heterocycles. The van der Waals surface area contributed by atoms with Crippen LogP contribution in [0.1, 0.15) is 63.4 Å². The van der Waals surface area contributed by atoms with Crippen LogP contribution in [0.2, 0.25) is 0 Å². The van der Waals surface area contributed by atoms with Crippen LogP contribution >= 0.6 is 0 Å². The number of hydrogen-bond acceptors (Lipinski definition) is 2. The van der Waals surface area contributed by atoms with E-state index in [0.29, 0.717) is 0 Å². The molecule has 0 radical (unpaired) electrons. The molecule has 2 nitrogen and oxygen atoms in total. The van der Waals surface area contributed by atoms with Crippen LogP contribution in [0.15, 0.2) is 24.3 Å². The molecule has 1 aromatic carbocycles. The van der Waals surface area contributed by atoms with Gasteiger partial charge in [-0.15, -0.1) is 0 Å². The Kier molecular flexibility index (Phi) is 10.1. The number of hydrogen-bond donors (Lipinski definition) is 0. The van der Waals surface area contributed by atoms with Crippen LogP contribution in [0, 0.1) is 0 Å². The molecule has 108 valence electrons. The van der Waals surface area contributed by atoms with Crippen molar-refractivity contribution >= 4 is 5.78 Å². The molecule has 0 heterocycles. The lowest BCUT2D eigenvalue weighted by Crippen LogP contribution is -2.24. The van der Waals surface area contributed by atoms with E-state index in [1.807, 2.05) is 26.0 Å². The monoisotopic (exact) mass is 263 g/mol. The second kappa shape index (κ2) is 10.7. The van der Waals surface area contributed by atoms with Crippen molar-refractivity contribution in [1.82, 2.24) is 4.90 Å². The summed E-state index contributed by atoms with van der Waals surface area (Å²) in [5, 5.41) is 0. The minimum Gasteiger partial charge on any atom is -0.299 e. The SMILES string of the molecule is CC.CCCN(CCC)Cc1ccc(C(C)=O)cc1. The first kappa shape index (κ1) is 17.8. The van der Waals surface area contributed by atoms with E-state index in [2.05, 4.69) is 30.9 Å². The number of rotatable bonds is 7. The third-order valence-corrected chi connectivity index (χ3v) is 2.85. The number of ketones is 1. The molecule has 0 spiro atoms. The molecule has 0 unspecified atom stereocenters. The molecule has 1 rings (SSSR count). The standard InChI is InChI=1S/C15H23NO.C2H6/c1-4-10-16(11-5-2)12-14-6-8-15(9-7-14)13(3)17;1-2/h6-9H,4-5,10-12H2,1-3H3;1-2H3. The second-order valence-corrected chi connectivity index (χ2v) is 4.53. The number of carbonyl (C=O) groups excluding carboxylic acids is 1. The van der Waals surface area contributed by atoms with Crippen LogP contribution in [0.4, 0.5) is 0 Å². The van der Waals surface area contributed by atoms with E-state index in [4.69, 9.17) is 0 Å². The molecule has 1 aromatic rings. The van der Waals surface area contributed by atoms with Gasteiger partial charge in [-0.3, -0.25) is 9.69 Å². The number of Topliss-reactive ketones (excluding diaryl/α,β-unsaturated/α-hetero) is 1. The largest absolute Gasteiger partial charge is 0.299 e. The molecular formula is C17H29NO. The van der Waals surface area contributed by atoms with E-state index in [0.717, 1.165) is 25.2 Å². The van der Waals surface area contributed by atoms with Gasteiger partial charge in [0.15, 0.2) is 5.78 Å². The first-order chi connectivity index (χ1) is 9.17. The smallest absolute Gasteiger partial charge is 0.159 e. The molecule has 2 heteroatoms. The summed E-state index contributed by atoms with van der Waals surface area (Å²) in [6, 6.07) is 7.98. The summed E-state index contributed by atoms with van der Waals surface area (Å²) in [6.07, 6.45) is 2.37. The van der Waals surface area contributed by atoms with Crippen LogP contribution in [-0.4, -0.2) is 23.8 Å². The fraction of sp³-hybridized carbons (Fsp3) is 0.588. The van der Waals surface area contributed by atoms with Gasteiger partial charge in [-0.25, -0.2) is 0 Å². The fourth-order valence-electron chi connectivity index (χ4n) is 2.01. The molecule has 0 fully saturated rings. The van der Waals surface area contributed by atoms with Gasteiger partial charge in [0.05, 0.1) is 0 Å². The number of benzene rings is 1. The Morgan fingerprint density at radius 1 is 1.00 bits per heavy atom. The summed E-state index contributed by atoms with van der Waals surface area (Å²) < 4.78 is 0. The van der Waals surface area contributed by atoms with Crippen molar-refractivity contribution in [2.75, 3.05) is 13.1 Å². The third kappa shape index (κ3) is 7.12. The number of nitrogens with zero attached hydrogens (tertiary/aromatic N) is 1. The lowest BCUT2D eigenvalue weighted by atomic mass is 10.1. The van der Waals surface area contributed by atoms with Gasteiger partial charge in [-0.1, -0.05) is 52.0 Å². The Morgan fingerprint density at radius 3 is 1.84 bits per heavy atom. The normalized spacial score (nSPS) is 10.0. The van der Waals surface area contributed by atoms with E-state index in [1.165, 1.54) is 18.4 Å². The summed E-state index contributed by atoms with van der Waals surface area (Å²) in [5.41, 5.74) is 2.09. The maximum Gasteiger partial charge on any atom is 0.159 e. The molecule has 19 heavy (non-hydrogen) atoms. The molecular weight excluding hydrogens is 234 g/mol. The van der Waals surface area contributed by atoms with Crippen molar-refractivity contribution in [3.05, 3.63) is 35.4 Å². The average molecular weight is 263 g/mol. The van der Waals surface area contributed by atoms with Gasteiger partial charge in [0.2, 0.25) is 0 Å². The lowest BCUT2D eigenvalue weighted by Gasteiger charge is -2.20. The van der Waals surface area contributed by atoms with Crippen molar-refractivity contribution < 1.29 is 4.79 Å². The first-order valence-corrected chi connectivity index (χ1v) is 7.49. The minimum atomic E-state index is 0.135. The van der Waals surface area contributed by atoms with Crippen LogP contribution in [0.5, 0.6) is 0 Å². The maximum absolute atomic E-state index is 11.2. The van der Waals surface area contributed by atoms with E-state index < -0.39 is 0 Å². The van der Waals surface area contributed by atoms with E-state index >= 15 is 0 Å². The average Bonchev–Trinajstić information content (AvgIpc) is 2.42. The summed E-state index contributed by atoms with van der Waals surface area (Å²) in [6.45, 7) is 13.3. The van der Waals surface area contributed by atoms with Gasteiger partial charge in [0.25, 0.3) is 0 Å². The van der Waals surface area contributed by atoms with Gasteiger partial charge >= 0.3 is 0 Å². The van der Waals surface area contributed by atoms with Crippen molar-refractivity contribution in [3.8, 4) is 0 Å². The second-order valence-electron chi connectivity index (χ2n) is 4.53. The Bertz CT molecular complexity index is 337. The van der Waals surface area contributed by atoms with Crippen LogP contribution in [0.3, 0.4) is 0 Å². The zero-order valence-corrected chi connectivity index (χ0v) is 13.2.